The summed E-state index contributed by atoms with van der Waals surface area (Å²) < 4.78 is 0. The number of carboxylic acids is 1. The lowest BCUT2D eigenvalue weighted by Crippen LogP contribution is -2.52. The first-order valence-electron chi connectivity index (χ1n) is 8.49. The van der Waals surface area contributed by atoms with Crippen molar-refractivity contribution in [3.05, 3.63) is 60.2 Å². The zero-order valence-corrected chi connectivity index (χ0v) is 14.0. The minimum atomic E-state index is -1.32. The summed E-state index contributed by atoms with van der Waals surface area (Å²) in [5.41, 5.74) is 1.81. The summed E-state index contributed by atoms with van der Waals surface area (Å²) in [7, 11) is 0. The van der Waals surface area contributed by atoms with E-state index in [4.69, 9.17) is 0 Å². The van der Waals surface area contributed by atoms with Crippen LogP contribution in [0.3, 0.4) is 0 Å². The second-order valence-electron chi connectivity index (χ2n) is 6.39. The van der Waals surface area contributed by atoms with E-state index in [0.717, 1.165) is 16.7 Å². The lowest BCUT2D eigenvalue weighted by molar-refractivity contribution is -0.157. The number of aliphatic carboxylic acids is 1. The first kappa shape index (κ1) is 17.2. The van der Waals surface area contributed by atoms with Crippen molar-refractivity contribution < 1.29 is 14.7 Å². The van der Waals surface area contributed by atoms with Crippen molar-refractivity contribution in [3.8, 4) is 11.1 Å². The Bertz CT molecular complexity index is 753. The Hall–Kier alpha value is -2.66. The van der Waals surface area contributed by atoms with Crippen LogP contribution in [0, 0.1) is 5.41 Å². The molecule has 0 spiro atoms. The SMILES string of the molecule is O=C(O)C1(C(=O)NCc2cccc(-c3ccccc3)c2)CCNCC1. The number of hydrogen-bond donors (Lipinski definition) is 3. The predicted octanol–water partition coefficient (Wildman–Crippen LogP) is 2.42. The highest BCUT2D eigenvalue weighted by Crippen LogP contribution is 2.29. The van der Waals surface area contributed by atoms with Gasteiger partial charge in [0.2, 0.25) is 5.91 Å². The molecule has 1 heterocycles. The molecule has 1 aliphatic rings. The fraction of sp³-hybridized carbons (Fsp3) is 0.300. The van der Waals surface area contributed by atoms with E-state index in [-0.39, 0.29) is 0 Å². The van der Waals surface area contributed by atoms with Crippen LogP contribution in [-0.4, -0.2) is 30.1 Å². The van der Waals surface area contributed by atoms with Crippen LogP contribution < -0.4 is 10.6 Å². The molecule has 2 aromatic carbocycles. The summed E-state index contributed by atoms with van der Waals surface area (Å²) in [6, 6.07) is 17.9. The molecule has 3 rings (SSSR count). The maximum absolute atomic E-state index is 12.6. The molecule has 5 nitrogen and oxygen atoms in total. The second-order valence-corrected chi connectivity index (χ2v) is 6.39. The number of piperidine rings is 1. The molecule has 5 heteroatoms. The lowest BCUT2D eigenvalue weighted by Gasteiger charge is -2.32. The first-order valence-corrected chi connectivity index (χ1v) is 8.49. The Labute approximate surface area is 147 Å². The van der Waals surface area contributed by atoms with E-state index in [1.165, 1.54) is 0 Å². The van der Waals surface area contributed by atoms with Gasteiger partial charge in [-0.1, -0.05) is 48.5 Å². The van der Waals surface area contributed by atoms with Gasteiger partial charge >= 0.3 is 5.97 Å². The molecule has 25 heavy (non-hydrogen) atoms. The van der Waals surface area contributed by atoms with Crippen LogP contribution in [-0.2, 0) is 16.1 Å². The number of carboxylic acid groups (broad SMARTS) is 1. The van der Waals surface area contributed by atoms with Gasteiger partial charge in [-0.25, -0.2) is 0 Å². The van der Waals surface area contributed by atoms with Crippen molar-refractivity contribution in [2.24, 2.45) is 5.41 Å². The van der Waals surface area contributed by atoms with E-state index in [0.29, 0.717) is 32.5 Å². The van der Waals surface area contributed by atoms with Gasteiger partial charge in [0.15, 0.2) is 0 Å². The topological polar surface area (TPSA) is 78.4 Å². The van der Waals surface area contributed by atoms with E-state index in [9.17, 15) is 14.7 Å². The van der Waals surface area contributed by atoms with Gasteiger partial charge in [-0.05, 0) is 48.7 Å². The number of carbonyl (C=O) groups is 2. The Morgan fingerprint density at radius 2 is 1.68 bits per heavy atom. The van der Waals surface area contributed by atoms with Crippen molar-refractivity contribution in [1.82, 2.24) is 10.6 Å². The summed E-state index contributed by atoms with van der Waals surface area (Å²) in [4.78, 5) is 24.2. The molecule has 0 aromatic heterocycles. The molecular formula is C20H22N2O3. The maximum Gasteiger partial charge on any atom is 0.319 e. The van der Waals surface area contributed by atoms with Crippen LogP contribution in [0.4, 0.5) is 0 Å². The van der Waals surface area contributed by atoms with Crippen molar-refractivity contribution in [2.75, 3.05) is 13.1 Å². The fourth-order valence-corrected chi connectivity index (χ4v) is 3.23. The van der Waals surface area contributed by atoms with Crippen LogP contribution in [0.25, 0.3) is 11.1 Å². The molecule has 1 amide bonds. The number of carbonyl (C=O) groups excluding carboxylic acids is 1. The Morgan fingerprint density at radius 1 is 1.00 bits per heavy atom. The van der Waals surface area contributed by atoms with E-state index >= 15 is 0 Å². The van der Waals surface area contributed by atoms with Gasteiger partial charge in [-0.3, -0.25) is 9.59 Å². The Morgan fingerprint density at radius 3 is 2.36 bits per heavy atom. The fourth-order valence-electron chi connectivity index (χ4n) is 3.23. The zero-order valence-electron chi connectivity index (χ0n) is 14.0. The van der Waals surface area contributed by atoms with Crippen molar-refractivity contribution in [2.45, 2.75) is 19.4 Å². The summed E-state index contributed by atoms with van der Waals surface area (Å²) in [5.74, 6) is -1.43. The second kappa shape index (κ2) is 7.49. The van der Waals surface area contributed by atoms with E-state index in [1.54, 1.807) is 0 Å². The normalized spacial score (nSPS) is 16.2. The standard InChI is InChI=1S/C20H22N2O3/c23-18(20(19(24)25)9-11-21-12-10-20)22-14-15-5-4-8-17(13-15)16-6-2-1-3-7-16/h1-8,13,21H,9-12,14H2,(H,22,23)(H,24,25). The van der Waals surface area contributed by atoms with Crippen LogP contribution in [0.15, 0.2) is 54.6 Å². The predicted molar refractivity (Wildman–Crippen MR) is 95.9 cm³/mol. The van der Waals surface area contributed by atoms with Gasteiger partial charge in [-0.15, -0.1) is 0 Å². The summed E-state index contributed by atoms with van der Waals surface area (Å²) in [6.45, 7) is 1.41. The van der Waals surface area contributed by atoms with E-state index in [2.05, 4.69) is 10.6 Å². The van der Waals surface area contributed by atoms with Gasteiger partial charge < -0.3 is 15.7 Å². The minimum absolute atomic E-state index is 0.318. The third-order valence-corrected chi connectivity index (χ3v) is 4.79. The van der Waals surface area contributed by atoms with E-state index < -0.39 is 17.3 Å². The van der Waals surface area contributed by atoms with Crippen molar-refractivity contribution in [3.63, 3.8) is 0 Å². The quantitative estimate of drug-likeness (QED) is 0.732. The van der Waals surface area contributed by atoms with Crippen LogP contribution in [0.2, 0.25) is 0 Å². The minimum Gasteiger partial charge on any atom is -0.480 e. The summed E-state index contributed by atoms with van der Waals surface area (Å²) in [5, 5.41) is 15.5. The lowest BCUT2D eigenvalue weighted by atomic mass is 9.78. The molecule has 0 atom stereocenters. The average molecular weight is 338 g/mol. The highest BCUT2D eigenvalue weighted by molar-refractivity contribution is 6.02. The Kier molecular flexibility index (Phi) is 5.14. The third kappa shape index (κ3) is 3.72. The smallest absolute Gasteiger partial charge is 0.319 e. The van der Waals surface area contributed by atoms with Crippen molar-refractivity contribution >= 4 is 11.9 Å². The molecule has 130 valence electrons. The summed E-state index contributed by atoms with van der Waals surface area (Å²) in [6.07, 6.45) is 0.635. The van der Waals surface area contributed by atoms with Crippen LogP contribution in [0.1, 0.15) is 18.4 Å². The largest absolute Gasteiger partial charge is 0.480 e. The molecule has 0 bridgehead atoms. The number of hydrogen-bond acceptors (Lipinski definition) is 3. The van der Waals surface area contributed by atoms with Gasteiger partial charge in [0.05, 0.1) is 0 Å². The first-order chi connectivity index (χ1) is 12.1. The molecular weight excluding hydrogens is 316 g/mol. The van der Waals surface area contributed by atoms with Crippen LogP contribution >= 0.6 is 0 Å². The highest BCUT2D eigenvalue weighted by Gasteiger charge is 2.46. The maximum atomic E-state index is 12.6. The monoisotopic (exact) mass is 338 g/mol. The van der Waals surface area contributed by atoms with Crippen molar-refractivity contribution in [1.29, 1.82) is 0 Å². The zero-order chi connectivity index (χ0) is 17.7. The molecule has 1 aliphatic heterocycles. The highest BCUT2D eigenvalue weighted by atomic mass is 16.4. The molecule has 0 aliphatic carbocycles. The van der Waals surface area contributed by atoms with Crippen LogP contribution in [0.5, 0.6) is 0 Å². The number of nitrogens with one attached hydrogen (secondary N) is 2. The van der Waals surface area contributed by atoms with Gasteiger partial charge in [0, 0.05) is 6.54 Å². The molecule has 2 aromatic rings. The van der Waals surface area contributed by atoms with Gasteiger partial charge in [0.1, 0.15) is 5.41 Å². The van der Waals surface area contributed by atoms with E-state index in [1.807, 2.05) is 54.6 Å². The Balaban J connectivity index is 1.71. The molecule has 1 saturated heterocycles. The van der Waals surface area contributed by atoms with Gasteiger partial charge in [-0.2, -0.15) is 0 Å². The third-order valence-electron chi connectivity index (χ3n) is 4.79. The molecule has 1 fully saturated rings. The number of amides is 1. The summed E-state index contributed by atoms with van der Waals surface area (Å²) >= 11 is 0. The van der Waals surface area contributed by atoms with Gasteiger partial charge in [0.25, 0.3) is 0 Å². The molecule has 0 saturated carbocycles. The number of benzene rings is 2. The number of rotatable bonds is 5. The molecule has 3 N–H and O–H groups in total. The molecule has 0 radical (unpaired) electrons. The molecule has 0 unspecified atom stereocenters. The average Bonchev–Trinajstić information content (AvgIpc) is 2.67.